The summed E-state index contributed by atoms with van der Waals surface area (Å²) in [5.74, 6) is -0.370. The van der Waals surface area contributed by atoms with Gasteiger partial charge >= 0.3 is 6.61 Å². The Bertz CT molecular complexity index is 630. The van der Waals surface area contributed by atoms with Gasteiger partial charge < -0.3 is 4.74 Å². The first-order valence-electron chi connectivity index (χ1n) is 5.08. The Hall–Kier alpha value is -1.74. The minimum absolute atomic E-state index is 0.0350. The van der Waals surface area contributed by atoms with Crippen molar-refractivity contribution in [3.63, 3.8) is 0 Å². The van der Waals surface area contributed by atoms with Crippen molar-refractivity contribution in [2.75, 3.05) is 14.2 Å². The van der Waals surface area contributed by atoms with Crippen LogP contribution < -0.4 is 4.74 Å². The number of halogens is 2. The number of amidine groups is 1. The van der Waals surface area contributed by atoms with Crippen LogP contribution in [0, 0.1) is 0 Å². The van der Waals surface area contributed by atoms with E-state index in [-0.39, 0.29) is 22.0 Å². The molecule has 0 bridgehead atoms. The Kier molecular flexibility index (Phi) is 3.42. The van der Waals surface area contributed by atoms with Crippen LogP contribution in [0.1, 0.15) is 5.56 Å². The van der Waals surface area contributed by atoms with Gasteiger partial charge in [0.1, 0.15) is 10.6 Å². The van der Waals surface area contributed by atoms with Crippen LogP contribution in [0.25, 0.3) is 0 Å². The summed E-state index contributed by atoms with van der Waals surface area (Å²) in [5, 5.41) is 1.06. The number of sulfonamides is 1. The van der Waals surface area contributed by atoms with E-state index in [2.05, 4.69) is 9.13 Å². The number of nitrogens with zero attached hydrogens (tertiary/aromatic N) is 2. The van der Waals surface area contributed by atoms with E-state index in [0.29, 0.717) is 0 Å². The molecule has 0 saturated heterocycles. The highest BCUT2D eigenvalue weighted by molar-refractivity contribution is 7.90. The fraction of sp³-hybridized carbons (Fsp3) is 0.300. The van der Waals surface area contributed by atoms with Crippen LogP contribution in [-0.2, 0) is 14.9 Å². The predicted octanol–water partition coefficient (Wildman–Crippen LogP) is 1.23. The van der Waals surface area contributed by atoms with Gasteiger partial charge in [-0.15, -0.1) is 4.40 Å². The minimum atomic E-state index is -3.93. The molecule has 0 aromatic heterocycles. The van der Waals surface area contributed by atoms with Crippen molar-refractivity contribution in [1.29, 1.82) is 0 Å². The maximum Gasteiger partial charge on any atom is 0.387 e. The SMILES string of the molecule is CON(C)C1=NS(=O)(=O)c2cccc(OC(F)F)c21. The van der Waals surface area contributed by atoms with Gasteiger partial charge in [-0.2, -0.15) is 17.2 Å². The molecule has 2 rings (SSSR count). The molecule has 0 spiro atoms. The average molecular weight is 292 g/mol. The van der Waals surface area contributed by atoms with E-state index >= 15 is 0 Å². The summed E-state index contributed by atoms with van der Waals surface area (Å²) in [6, 6.07) is 3.81. The fourth-order valence-electron chi connectivity index (χ4n) is 1.65. The Morgan fingerprint density at radius 1 is 1.37 bits per heavy atom. The summed E-state index contributed by atoms with van der Waals surface area (Å²) in [4.78, 5) is 4.65. The van der Waals surface area contributed by atoms with Gasteiger partial charge in [0.15, 0.2) is 5.84 Å². The molecule has 1 aliphatic heterocycles. The molecule has 0 N–H and O–H groups in total. The number of hydrogen-bond acceptors (Lipinski definition) is 5. The summed E-state index contributed by atoms with van der Waals surface area (Å²) >= 11 is 0. The number of benzene rings is 1. The highest BCUT2D eigenvalue weighted by Gasteiger charge is 2.34. The number of hydroxylamine groups is 2. The number of hydrogen-bond donors (Lipinski definition) is 0. The quantitative estimate of drug-likeness (QED) is 0.784. The fourth-order valence-corrected chi connectivity index (χ4v) is 2.88. The van der Waals surface area contributed by atoms with E-state index in [1.54, 1.807) is 0 Å². The second-order valence-electron chi connectivity index (χ2n) is 3.58. The molecule has 0 atom stereocenters. The molecule has 9 heteroatoms. The number of alkyl halides is 2. The number of rotatable bonds is 3. The summed E-state index contributed by atoms with van der Waals surface area (Å²) in [6.45, 7) is -3.07. The average Bonchev–Trinajstić information content (AvgIpc) is 2.61. The standard InChI is InChI=1S/C10H10F2N2O4S/c1-14(17-2)9-8-6(18-10(11)12)4-3-5-7(8)19(15,16)13-9/h3-5,10H,1-2H3. The molecule has 1 heterocycles. The third kappa shape index (κ3) is 2.38. The highest BCUT2D eigenvalue weighted by Crippen LogP contribution is 2.34. The van der Waals surface area contributed by atoms with Crippen LogP contribution in [0.5, 0.6) is 5.75 Å². The lowest BCUT2D eigenvalue weighted by Crippen LogP contribution is -2.26. The van der Waals surface area contributed by atoms with Crippen molar-refractivity contribution in [1.82, 2.24) is 5.06 Å². The molecular formula is C10H10F2N2O4S. The van der Waals surface area contributed by atoms with E-state index in [0.717, 1.165) is 5.06 Å². The van der Waals surface area contributed by atoms with Gasteiger partial charge in [0.25, 0.3) is 10.0 Å². The minimum Gasteiger partial charge on any atom is -0.434 e. The smallest absolute Gasteiger partial charge is 0.387 e. The normalized spacial score (nSPS) is 16.2. The van der Waals surface area contributed by atoms with Crippen LogP contribution >= 0.6 is 0 Å². The summed E-state index contributed by atoms with van der Waals surface area (Å²) in [6.07, 6.45) is 0. The largest absolute Gasteiger partial charge is 0.434 e. The molecular weight excluding hydrogens is 282 g/mol. The predicted molar refractivity (Wildman–Crippen MR) is 61.6 cm³/mol. The molecule has 6 nitrogen and oxygen atoms in total. The van der Waals surface area contributed by atoms with Gasteiger partial charge in [-0.05, 0) is 12.1 Å². The molecule has 1 aromatic rings. The number of fused-ring (bicyclic) bond motifs is 1. The summed E-state index contributed by atoms with van der Waals surface area (Å²) < 4.78 is 56.1. The first kappa shape index (κ1) is 13.7. The van der Waals surface area contributed by atoms with Crippen molar-refractivity contribution >= 4 is 15.9 Å². The van der Waals surface area contributed by atoms with Gasteiger partial charge in [-0.1, -0.05) is 6.07 Å². The Morgan fingerprint density at radius 2 is 2.05 bits per heavy atom. The zero-order valence-corrected chi connectivity index (χ0v) is 10.8. The monoisotopic (exact) mass is 292 g/mol. The van der Waals surface area contributed by atoms with E-state index < -0.39 is 16.6 Å². The van der Waals surface area contributed by atoms with Gasteiger partial charge in [0.2, 0.25) is 0 Å². The molecule has 1 aromatic carbocycles. The summed E-state index contributed by atoms with van der Waals surface area (Å²) in [5.41, 5.74) is -0.0350. The van der Waals surface area contributed by atoms with E-state index in [1.165, 1.54) is 32.4 Å². The highest BCUT2D eigenvalue weighted by atomic mass is 32.2. The lowest BCUT2D eigenvalue weighted by Gasteiger charge is -2.17. The first-order chi connectivity index (χ1) is 8.86. The van der Waals surface area contributed by atoms with Crippen molar-refractivity contribution < 1.29 is 26.8 Å². The maximum atomic E-state index is 12.3. The topological polar surface area (TPSA) is 68.2 Å². The second-order valence-corrected chi connectivity index (χ2v) is 5.15. The van der Waals surface area contributed by atoms with Crippen molar-refractivity contribution in [3.8, 4) is 5.75 Å². The number of ether oxygens (including phenoxy) is 1. The van der Waals surface area contributed by atoms with Gasteiger partial charge in [0.05, 0.1) is 12.7 Å². The van der Waals surface area contributed by atoms with Gasteiger partial charge in [0, 0.05) is 7.05 Å². The van der Waals surface area contributed by atoms with Gasteiger partial charge in [-0.3, -0.25) is 4.84 Å². The Balaban J connectivity index is 2.63. The molecule has 0 amide bonds. The molecule has 0 fully saturated rings. The third-order valence-electron chi connectivity index (χ3n) is 2.48. The molecule has 0 saturated carbocycles. The molecule has 0 unspecified atom stereocenters. The van der Waals surface area contributed by atoms with Crippen molar-refractivity contribution in [2.45, 2.75) is 11.5 Å². The van der Waals surface area contributed by atoms with Crippen LogP contribution in [0.4, 0.5) is 8.78 Å². The molecule has 1 aliphatic rings. The zero-order chi connectivity index (χ0) is 14.2. The Labute approximate surface area is 108 Å². The van der Waals surface area contributed by atoms with Crippen LogP contribution in [0.15, 0.2) is 27.5 Å². The van der Waals surface area contributed by atoms with Crippen LogP contribution in [-0.4, -0.2) is 40.1 Å². The molecule has 0 radical (unpaired) electrons. The molecule has 104 valence electrons. The van der Waals surface area contributed by atoms with Crippen LogP contribution in [0.3, 0.4) is 0 Å². The van der Waals surface area contributed by atoms with Gasteiger partial charge in [-0.25, -0.2) is 5.06 Å². The van der Waals surface area contributed by atoms with E-state index in [1.807, 2.05) is 0 Å². The third-order valence-corrected chi connectivity index (χ3v) is 3.79. The second kappa shape index (κ2) is 4.74. The van der Waals surface area contributed by atoms with Crippen LogP contribution in [0.2, 0.25) is 0 Å². The van der Waals surface area contributed by atoms with E-state index in [9.17, 15) is 17.2 Å². The molecule has 19 heavy (non-hydrogen) atoms. The Morgan fingerprint density at radius 3 is 2.63 bits per heavy atom. The van der Waals surface area contributed by atoms with Crippen molar-refractivity contribution in [2.24, 2.45) is 4.40 Å². The lowest BCUT2D eigenvalue weighted by molar-refractivity contribution is -0.0522. The van der Waals surface area contributed by atoms with Crippen molar-refractivity contribution in [3.05, 3.63) is 23.8 Å². The first-order valence-corrected chi connectivity index (χ1v) is 6.52. The van der Waals surface area contributed by atoms with E-state index in [4.69, 9.17) is 4.84 Å². The zero-order valence-electron chi connectivity index (χ0n) is 10.0. The summed E-state index contributed by atoms with van der Waals surface area (Å²) in [7, 11) is -1.23. The molecule has 0 aliphatic carbocycles. The maximum absolute atomic E-state index is 12.3. The lowest BCUT2D eigenvalue weighted by atomic mass is 10.2.